The third kappa shape index (κ3) is 2.85. The summed E-state index contributed by atoms with van der Waals surface area (Å²) in [6.07, 6.45) is -0.717. The van der Waals surface area contributed by atoms with Crippen molar-refractivity contribution in [1.82, 2.24) is 10.1 Å². The van der Waals surface area contributed by atoms with E-state index in [4.69, 9.17) is 4.52 Å². The van der Waals surface area contributed by atoms with Crippen molar-refractivity contribution in [2.45, 2.75) is 19.4 Å². The monoisotopic (exact) mass is 240 g/mol. The molecular formula is C11H10F2N2O2. The van der Waals surface area contributed by atoms with E-state index in [1.165, 1.54) is 19.1 Å². The van der Waals surface area contributed by atoms with Crippen LogP contribution in [0.15, 0.2) is 22.7 Å². The van der Waals surface area contributed by atoms with Crippen LogP contribution in [0.1, 0.15) is 30.3 Å². The smallest absolute Gasteiger partial charge is 0.255 e. The van der Waals surface area contributed by atoms with Gasteiger partial charge in [0.05, 0.1) is 0 Å². The van der Waals surface area contributed by atoms with Crippen LogP contribution in [-0.2, 0) is 6.42 Å². The predicted molar refractivity (Wildman–Crippen MR) is 54.1 cm³/mol. The summed E-state index contributed by atoms with van der Waals surface area (Å²) in [5.74, 6) is -0.957. The van der Waals surface area contributed by atoms with Gasteiger partial charge < -0.3 is 9.63 Å². The molecule has 1 N–H and O–H groups in total. The molecule has 0 saturated heterocycles. The highest BCUT2D eigenvalue weighted by atomic mass is 19.1. The van der Waals surface area contributed by atoms with E-state index < -0.39 is 17.7 Å². The van der Waals surface area contributed by atoms with Crippen LogP contribution in [0.2, 0.25) is 0 Å². The van der Waals surface area contributed by atoms with E-state index >= 15 is 0 Å². The van der Waals surface area contributed by atoms with Gasteiger partial charge in [0.1, 0.15) is 17.7 Å². The van der Waals surface area contributed by atoms with E-state index in [9.17, 15) is 13.9 Å². The standard InChI is InChI=1S/C11H10F2N2O2/c1-6(16)11-14-10(15-17-11)4-7-2-8(12)5-9(13)3-7/h2-3,5-6,16H,4H2,1H3/t6-/m1/s1. The molecule has 1 heterocycles. The van der Waals surface area contributed by atoms with Crippen molar-refractivity contribution < 1.29 is 18.4 Å². The van der Waals surface area contributed by atoms with E-state index in [-0.39, 0.29) is 18.1 Å². The molecule has 0 fully saturated rings. The molecule has 17 heavy (non-hydrogen) atoms. The van der Waals surface area contributed by atoms with Crippen LogP contribution in [-0.4, -0.2) is 15.2 Å². The van der Waals surface area contributed by atoms with Gasteiger partial charge in [-0.1, -0.05) is 5.16 Å². The zero-order chi connectivity index (χ0) is 12.4. The Morgan fingerprint density at radius 3 is 2.47 bits per heavy atom. The fourth-order valence-corrected chi connectivity index (χ4v) is 1.40. The van der Waals surface area contributed by atoms with Gasteiger partial charge in [0.2, 0.25) is 0 Å². The zero-order valence-electron chi connectivity index (χ0n) is 9.02. The number of rotatable bonds is 3. The molecule has 0 unspecified atom stereocenters. The van der Waals surface area contributed by atoms with Crippen molar-refractivity contribution in [1.29, 1.82) is 0 Å². The van der Waals surface area contributed by atoms with Gasteiger partial charge in [0, 0.05) is 12.5 Å². The van der Waals surface area contributed by atoms with Crippen molar-refractivity contribution in [2.24, 2.45) is 0 Å². The number of halogens is 2. The molecule has 0 aliphatic carbocycles. The van der Waals surface area contributed by atoms with Crippen molar-refractivity contribution >= 4 is 0 Å². The van der Waals surface area contributed by atoms with Crippen molar-refractivity contribution in [3.8, 4) is 0 Å². The lowest BCUT2D eigenvalue weighted by Crippen LogP contribution is -1.95. The van der Waals surface area contributed by atoms with Crippen molar-refractivity contribution in [3.05, 3.63) is 47.1 Å². The van der Waals surface area contributed by atoms with Crippen LogP contribution in [0, 0.1) is 11.6 Å². The maximum absolute atomic E-state index is 12.9. The molecule has 1 aromatic carbocycles. The average molecular weight is 240 g/mol. The van der Waals surface area contributed by atoms with Gasteiger partial charge in [0.15, 0.2) is 5.82 Å². The molecule has 0 radical (unpaired) electrons. The van der Waals surface area contributed by atoms with Crippen molar-refractivity contribution in [2.75, 3.05) is 0 Å². The Morgan fingerprint density at radius 2 is 1.94 bits per heavy atom. The lowest BCUT2D eigenvalue weighted by atomic mass is 10.1. The molecule has 2 rings (SSSR count). The maximum Gasteiger partial charge on any atom is 0.255 e. The molecule has 0 bridgehead atoms. The third-order valence-electron chi connectivity index (χ3n) is 2.13. The molecule has 90 valence electrons. The van der Waals surface area contributed by atoms with Gasteiger partial charge >= 0.3 is 0 Å². The van der Waals surface area contributed by atoms with Crippen LogP contribution in [0.25, 0.3) is 0 Å². The van der Waals surface area contributed by atoms with E-state index in [0.717, 1.165) is 6.07 Å². The van der Waals surface area contributed by atoms with Gasteiger partial charge in [-0.05, 0) is 24.6 Å². The Morgan fingerprint density at radius 1 is 1.29 bits per heavy atom. The van der Waals surface area contributed by atoms with Crippen LogP contribution in [0.5, 0.6) is 0 Å². The Balaban J connectivity index is 2.19. The normalized spacial score (nSPS) is 12.7. The second kappa shape index (κ2) is 4.58. The molecule has 1 aromatic heterocycles. The highest BCUT2D eigenvalue weighted by Crippen LogP contribution is 2.13. The number of aliphatic hydroxyl groups is 1. The highest BCUT2D eigenvalue weighted by Gasteiger charge is 2.12. The predicted octanol–water partition coefficient (Wildman–Crippen LogP) is 1.99. The first-order valence-corrected chi connectivity index (χ1v) is 5.00. The summed E-state index contributed by atoms with van der Waals surface area (Å²) < 4.78 is 30.6. The summed E-state index contributed by atoms with van der Waals surface area (Å²) in [6, 6.07) is 3.18. The largest absolute Gasteiger partial charge is 0.384 e. The second-order valence-electron chi connectivity index (χ2n) is 3.68. The fourth-order valence-electron chi connectivity index (χ4n) is 1.40. The minimum absolute atomic E-state index is 0.0804. The number of benzene rings is 1. The summed E-state index contributed by atoms with van der Waals surface area (Å²) in [5.41, 5.74) is 0.403. The van der Waals surface area contributed by atoms with E-state index in [0.29, 0.717) is 5.56 Å². The average Bonchev–Trinajstić information content (AvgIpc) is 2.64. The summed E-state index contributed by atoms with van der Waals surface area (Å²) >= 11 is 0. The number of nitrogens with zero attached hydrogens (tertiary/aromatic N) is 2. The molecule has 0 aliphatic rings. The third-order valence-corrected chi connectivity index (χ3v) is 2.13. The molecular weight excluding hydrogens is 230 g/mol. The first kappa shape index (κ1) is 11.7. The van der Waals surface area contributed by atoms with E-state index in [1.54, 1.807) is 0 Å². The number of hydrogen-bond acceptors (Lipinski definition) is 4. The zero-order valence-corrected chi connectivity index (χ0v) is 9.02. The van der Waals surface area contributed by atoms with Gasteiger partial charge in [0.25, 0.3) is 5.89 Å². The Hall–Kier alpha value is -1.82. The summed E-state index contributed by atoms with van der Waals surface area (Å²) in [6.45, 7) is 1.49. The van der Waals surface area contributed by atoms with Gasteiger partial charge in [-0.3, -0.25) is 0 Å². The molecule has 1 atom stereocenters. The molecule has 0 aliphatic heterocycles. The molecule has 0 amide bonds. The first-order chi connectivity index (χ1) is 8.04. The van der Waals surface area contributed by atoms with Crippen LogP contribution >= 0.6 is 0 Å². The van der Waals surface area contributed by atoms with E-state index in [1.807, 2.05) is 0 Å². The lowest BCUT2D eigenvalue weighted by Gasteiger charge is -1.98. The summed E-state index contributed by atoms with van der Waals surface area (Å²) in [4.78, 5) is 3.89. The van der Waals surface area contributed by atoms with Gasteiger partial charge in [-0.2, -0.15) is 4.98 Å². The SMILES string of the molecule is C[C@@H](O)c1nc(Cc2cc(F)cc(F)c2)no1. The quantitative estimate of drug-likeness (QED) is 0.891. The number of aromatic nitrogens is 2. The van der Waals surface area contributed by atoms with Gasteiger partial charge in [-0.25, -0.2) is 8.78 Å². The Kier molecular flexibility index (Phi) is 3.14. The minimum atomic E-state index is -0.861. The molecule has 2 aromatic rings. The maximum atomic E-state index is 12.9. The minimum Gasteiger partial charge on any atom is -0.384 e. The highest BCUT2D eigenvalue weighted by molar-refractivity contribution is 5.21. The second-order valence-corrected chi connectivity index (χ2v) is 3.68. The van der Waals surface area contributed by atoms with Gasteiger partial charge in [-0.15, -0.1) is 0 Å². The summed E-state index contributed by atoms with van der Waals surface area (Å²) in [5, 5.41) is 12.8. The lowest BCUT2D eigenvalue weighted by molar-refractivity contribution is 0.151. The molecule has 0 spiro atoms. The van der Waals surface area contributed by atoms with Crippen molar-refractivity contribution in [3.63, 3.8) is 0 Å². The van der Waals surface area contributed by atoms with Crippen LogP contribution < -0.4 is 0 Å². The Labute approximate surface area is 95.9 Å². The van der Waals surface area contributed by atoms with E-state index in [2.05, 4.69) is 10.1 Å². The number of hydrogen-bond donors (Lipinski definition) is 1. The fraction of sp³-hybridized carbons (Fsp3) is 0.273. The molecule has 6 heteroatoms. The van der Waals surface area contributed by atoms with Crippen LogP contribution in [0.3, 0.4) is 0 Å². The van der Waals surface area contributed by atoms with Crippen LogP contribution in [0.4, 0.5) is 8.78 Å². The number of aliphatic hydroxyl groups excluding tert-OH is 1. The molecule has 4 nitrogen and oxygen atoms in total. The summed E-state index contributed by atoms with van der Waals surface area (Å²) in [7, 11) is 0. The first-order valence-electron chi connectivity index (χ1n) is 5.00. The molecule has 0 saturated carbocycles. The Bertz CT molecular complexity index is 506. The topological polar surface area (TPSA) is 59.2 Å².